The van der Waals surface area contributed by atoms with Gasteiger partial charge in [0.25, 0.3) is 0 Å². The van der Waals surface area contributed by atoms with Crippen LogP contribution in [-0.2, 0) is 4.74 Å². The molecule has 0 aliphatic heterocycles. The van der Waals surface area contributed by atoms with Crippen molar-refractivity contribution in [3.63, 3.8) is 0 Å². The normalized spacial score (nSPS) is 12.0. The second-order valence-electron chi connectivity index (χ2n) is 4.34. The van der Waals surface area contributed by atoms with E-state index < -0.39 is 0 Å². The Labute approximate surface area is 133 Å². The maximum Gasteiger partial charge on any atom is 0.338 e. The predicted octanol–water partition coefficient (Wildman–Crippen LogP) is 2.98. The molecule has 0 bridgehead atoms. The molecule has 0 radical (unpaired) electrons. The standard InChI is InChI=1S/C16H17N3O2S/c1-11(22-3)18-15(7-9-17)19-10-8-12-13(16(20)21-2)5-4-6-14(12)19/h4-10H,1,17H2,2-3H3/b9-7-,18-15?. The lowest BCUT2D eigenvalue weighted by Crippen LogP contribution is -2.09. The average molecular weight is 315 g/mol. The minimum absolute atomic E-state index is 0.371. The molecule has 0 aliphatic carbocycles. The number of methoxy groups -OCH3 is 1. The Kier molecular flexibility index (Phi) is 5.06. The minimum atomic E-state index is -0.371. The van der Waals surface area contributed by atoms with Crippen molar-refractivity contribution >= 4 is 34.5 Å². The molecule has 0 unspecified atom stereocenters. The Morgan fingerprint density at radius 2 is 2.23 bits per heavy atom. The van der Waals surface area contributed by atoms with Crippen molar-refractivity contribution in [1.82, 2.24) is 4.57 Å². The molecule has 2 aromatic rings. The molecule has 6 heteroatoms. The molecule has 22 heavy (non-hydrogen) atoms. The van der Waals surface area contributed by atoms with E-state index in [-0.39, 0.29) is 5.97 Å². The number of nitrogens with zero attached hydrogens (tertiary/aromatic N) is 2. The van der Waals surface area contributed by atoms with Crippen LogP contribution in [0.4, 0.5) is 0 Å². The van der Waals surface area contributed by atoms with Crippen LogP contribution in [0.1, 0.15) is 10.4 Å². The monoisotopic (exact) mass is 315 g/mol. The Hall–Kier alpha value is -2.47. The van der Waals surface area contributed by atoms with Crippen LogP contribution in [0.2, 0.25) is 0 Å². The molecule has 2 rings (SSSR count). The van der Waals surface area contributed by atoms with Crippen molar-refractivity contribution in [2.75, 3.05) is 13.4 Å². The van der Waals surface area contributed by atoms with E-state index >= 15 is 0 Å². The number of thioether (sulfide) groups is 1. The van der Waals surface area contributed by atoms with E-state index in [2.05, 4.69) is 11.6 Å². The highest BCUT2D eigenvalue weighted by molar-refractivity contribution is 8.02. The molecular weight excluding hydrogens is 298 g/mol. The number of ether oxygens (including phenoxy) is 1. The summed E-state index contributed by atoms with van der Waals surface area (Å²) in [5.74, 6) is 0.253. The first-order valence-electron chi connectivity index (χ1n) is 6.51. The van der Waals surface area contributed by atoms with E-state index in [1.54, 1.807) is 18.2 Å². The number of rotatable bonds is 4. The van der Waals surface area contributed by atoms with Crippen molar-refractivity contribution < 1.29 is 9.53 Å². The second kappa shape index (κ2) is 7.00. The van der Waals surface area contributed by atoms with Gasteiger partial charge in [-0.25, -0.2) is 9.79 Å². The van der Waals surface area contributed by atoms with Gasteiger partial charge >= 0.3 is 5.97 Å². The number of hydrogen-bond donors (Lipinski definition) is 1. The largest absolute Gasteiger partial charge is 0.465 e. The number of hydrogen-bond acceptors (Lipinski definition) is 5. The molecule has 0 fully saturated rings. The summed E-state index contributed by atoms with van der Waals surface area (Å²) in [5, 5.41) is 1.46. The number of carbonyl (C=O) groups excluding carboxylic acids is 1. The van der Waals surface area contributed by atoms with Crippen LogP contribution in [0.5, 0.6) is 0 Å². The number of aliphatic imine (C=N–C) groups is 1. The number of allylic oxidation sites excluding steroid dienone is 1. The second-order valence-corrected chi connectivity index (χ2v) is 5.22. The molecule has 0 saturated heterocycles. The first kappa shape index (κ1) is 15.9. The van der Waals surface area contributed by atoms with Gasteiger partial charge in [-0.1, -0.05) is 12.6 Å². The number of esters is 1. The highest BCUT2D eigenvalue weighted by Crippen LogP contribution is 2.22. The lowest BCUT2D eigenvalue weighted by Gasteiger charge is -2.07. The van der Waals surface area contributed by atoms with Gasteiger partial charge in [-0.2, -0.15) is 0 Å². The Morgan fingerprint density at radius 1 is 1.45 bits per heavy atom. The van der Waals surface area contributed by atoms with Gasteiger partial charge in [0.2, 0.25) is 0 Å². The molecule has 5 nitrogen and oxygen atoms in total. The third kappa shape index (κ3) is 3.07. The fraction of sp³-hybridized carbons (Fsp3) is 0.125. The number of nitrogens with two attached hydrogens (primary N) is 1. The third-order valence-electron chi connectivity index (χ3n) is 3.11. The zero-order valence-electron chi connectivity index (χ0n) is 12.4. The van der Waals surface area contributed by atoms with Gasteiger partial charge in [-0.3, -0.25) is 0 Å². The summed E-state index contributed by atoms with van der Waals surface area (Å²) in [6, 6.07) is 7.29. The van der Waals surface area contributed by atoms with Crippen molar-refractivity contribution in [1.29, 1.82) is 0 Å². The quantitative estimate of drug-likeness (QED) is 0.535. The zero-order chi connectivity index (χ0) is 16.1. The van der Waals surface area contributed by atoms with Crippen molar-refractivity contribution in [3.05, 3.63) is 59.9 Å². The lowest BCUT2D eigenvalue weighted by molar-refractivity contribution is 0.0603. The van der Waals surface area contributed by atoms with E-state index in [0.29, 0.717) is 16.4 Å². The zero-order valence-corrected chi connectivity index (χ0v) is 13.3. The molecule has 0 amide bonds. The molecule has 2 N–H and O–H groups in total. The summed E-state index contributed by atoms with van der Waals surface area (Å²) in [6.45, 7) is 3.86. The summed E-state index contributed by atoms with van der Waals surface area (Å²) in [5.41, 5.74) is 6.86. The van der Waals surface area contributed by atoms with Gasteiger partial charge in [-0.05, 0) is 36.7 Å². The smallest absolute Gasteiger partial charge is 0.338 e. The molecule has 0 aliphatic rings. The molecular formula is C16H17N3O2S. The Bertz CT molecular complexity index is 775. The molecule has 1 aromatic carbocycles. The van der Waals surface area contributed by atoms with Gasteiger partial charge in [0.1, 0.15) is 5.84 Å². The fourth-order valence-corrected chi connectivity index (χ4v) is 2.27. The van der Waals surface area contributed by atoms with Crippen LogP contribution in [-0.4, -0.2) is 29.7 Å². The lowest BCUT2D eigenvalue weighted by atomic mass is 10.1. The van der Waals surface area contributed by atoms with Crippen LogP contribution in [0.15, 0.2) is 59.3 Å². The SMILES string of the molecule is C=C(N=C(/C=C\N)n1ccc2c(C(=O)OC)cccc21)SC. The van der Waals surface area contributed by atoms with Gasteiger partial charge in [-0.15, -0.1) is 11.8 Å². The molecule has 0 spiro atoms. The van der Waals surface area contributed by atoms with Crippen LogP contribution in [0.3, 0.4) is 0 Å². The van der Waals surface area contributed by atoms with Gasteiger partial charge in [0.05, 0.1) is 23.2 Å². The maximum atomic E-state index is 11.8. The first-order chi connectivity index (χ1) is 10.6. The summed E-state index contributed by atoms with van der Waals surface area (Å²) in [6.07, 6.45) is 6.84. The first-order valence-corrected chi connectivity index (χ1v) is 7.73. The number of fused-ring (bicyclic) bond motifs is 1. The summed E-state index contributed by atoms with van der Waals surface area (Å²) in [4.78, 5) is 16.3. The molecule has 0 saturated carbocycles. The van der Waals surface area contributed by atoms with Gasteiger partial charge in [0, 0.05) is 11.6 Å². The molecule has 114 valence electrons. The van der Waals surface area contributed by atoms with Crippen LogP contribution in [0, 0.1) is 0 Å². The number of aromatic nitrogens is 1. The fourth-order valence-electron chi connectivity index (χ4n) is 2.09. The summed E-state index contributed by atoms with van der Waals surface area (Å²) >= 11 is 1.45. The topological polar surface area (TPSA) is 69.6 Å². The Morgan fingerprint density at radius 3 is 2.86 bits per heavy atom. The highest BCUT2D eigenvalue weighted by atomic mass is 32.2. The Balaban J connectivity index is 2.63. The van der Waals surface area contributed by atoms with Crippen LogP contribution in [0.25, 0.3) is 10.9 Å². The summed E-state index contributed by atoms with van der Waals surface area (Å²) < 4.78 is 6.67. The van der Waals surface area contributed by atoms with Crippen molar-refractivity contribution in [3.8, 4) is 0 Å². The van der Waals surface area contributed by atoms with Crippen LogP contribution >= 0.6 is 11.8 Å². The van der Waals surface area contributed by atoms with E-state index in [4.69, 9.17) is 10.5 Å². The van der Waals surface area contributed by atoms with Gasteiger partial charge in [0.15, 0.2) is 0 Å². The van der Waals surface area contributed by atoms with Crippen LogP contribution < -0.4 is 5.73 Å². The summed E-state index contributed by atoms with van der Waals surface area (Å²) in [7, 11) is 1.37. The molecule has 1 heterocycles. The maximum absolute atomic E-state index is 11.8. The predicted molar refractivity (Wildman–Crippen MR) is 92.1 cm³/mol. The van der Waals surface area contributed by atoms with E-state index in [1.165, 1.54) is 25.1 Å². The molecule has 1 aromatic heterocycles. The molecule has 0 atom stereocenters. The van der Waals surface area contributed by atoms with Gasteiger partial charge < -0.3 is 15.0 Å². The van der Waals surface area contributed by atoms with E-state index in [0.717, 1.165) is 10.9 Å². The number of benzene rings is 1. The average Bonchev–Trinajstić information content (AvgIpc) is 2.97. The van der Waals surface area contributed by atoms with E-state index in [1.807, 2.05) is 29.2 Å². The number of carbonyl (C=O) groups is 1. The third-order valence-corrected chi connectivity index (χ3v) is 3.67. The van der Waals surface area contributed by atoms with Crippen molar-refractivity contribution in [2.24, 2.45) is 10.7 Å². The highest BCUT2D eigenvalue weighted by Gasteiger charge is 2.13. The van der Waals surface area contributed by atoms with E-state index in [9.17, 15) is 4.79 Å². The minimum Gasteiger partial charge on any atom is -0.465 e. The van der Waals surface area contributed by atoms with Crippen molar-refractivity contribution in [2.45, 2.75) is 0 Å².